The number of rotatable bonds is 3. The summed E-state index contributed by atoms with van der Waals surface area (Å²) in [7, 11) is 4.11. The highest BCUT2D eigenvalue weighted by Crippen LogP contribution is 2.15. The molecule has 0 spiro atoms. The predicted octanol–water partition coefficient (Wildman–Crippen LogP) is 1.30. The third-order valence-electron chi connectivity index (χ3n) is 2.94. The van der Waals surface area contributed by atoms with Crippen LogP contribution in [-0.2, 0) is 0 Å². The molecular formula is C12H20N4. The molecule has 0 amide bonds. The minimum absolute atomic E-state index is 1.07. The van der Waals surface area contributed by atoms with Crippen LogP contribution in [0.4, 0.5) is 11.4 Å². The fraction of sp³-hybridized carbons (Fsp3) is 0.500. The summed E-state index contributed by atoms with van der Waals surface area (Å²) in [5.41, 5.74) is 5.73. The molecule has 1 heterocycles. The maximum absolute atomic E-state index is 3.44. The number of piperazine rings is 1. The van der Waals surface area contributed by atoms with Crippen molar-refractivity contribution in [1.29, 1.82) is 0 Å². The number of nitrogens with one attached hydrogen (secondary N) is 2. The molecule has 0 saturated carbocycles. The Labute approximate surface area is 97.2 Å². The summed E-state index contributed by atoms with van der Waals surface area (Å²) >= 11 is 0. The Morgan fingerprint density at radius 1 is 1.06 bits per heavy atom. The van der Waals surface area contributed by atoms with E-state index in [-0.39, 0.29) is 0 Å². The summed E-state index contributed by atoms with van der Waals surface area (Å²) in [4.78, 5) is 2.35. The average Bonchev–Trinajstić information content (AvgIpc) is 2.32. The molecule has 4 nitrogen and oxygen atoms in total. The predicted molar refractivity (Wildman–Crippen MR) is 68.7 cm³/mol. The zero-order valence-corrected chi connectivity index (χ0v) is 10.0. The standard InChI is InChI=1S/C12H20N4/c1-13-11-4-3-5-12(10-11)14-16-8-6-15(2)7-9-16/h3-5,10,13-14H,6-9H2,1-2H3. The van der Waals surface area contributed by atoms with Crippen molar-refractivity contribution in [3.05, 3.63) is 24.3 Å². The second-order valence-electron chi connectivity index (χ2n) is 4.23. The van der Waals surface area contributed by atoms with E-state index in [9.17, 15) is 0 Å². The van der Waals surface area contributed by atoms with Crippen LogP contribution in [-0.4, -0.2) is 50.2 Å². The molecule has 4 heteroatoms. The van der Waals surface area contributed by atoms with Crippen molar-refractivity contribution in [3.8, 4) is 0 Å². The second kappa shape index (κ2) is 5.18. The lowest BCUT2D eigenvalue weighted by Gasteiger charge is -2.33. The molecule has 1 saturated heterocycles. The number of hydrazine groups is 1. The van der Waals surface area contributed by atoms with Gasteiger partial charge in [0.15, 0.2) is 0 Å². The molecule has 1 aliphatic rings. The fourth-order valence-electron chi connectivity index (χ4n) is 1.85. The van der Waals surface area contributed by atoms with E-state index in [1.807, 2.05) is 7.05 Å². The molecule has 2 N–H and O–H groups in total. The van der Waals surface area contributed by atoms with Gasteiger partial charge in [-0.1, -0.05) is 6.07 Å². The van der Waals surface area contributed by atoms with E-state index >= 15 is 0 Å². The smallest absolute Gasteiger partial charge is 0.0510 e. The van der Waals surface area contributed by atoms with Crippen molar-refractivity contribution >= 4 is 11.4 Å². The zero-order chi connectivity index (χ0) is 11.4. The molecule has 1 aromatic carbocycles. The van der Waals surface area contributed by atoms with Gasteiger partial charge in [0.25, 0.3) is 0 Å². The van der Waals surface area contributed by atoms with E-state index in [2.05, 4.69) is 52.0 Å². The fourth-order valence-corrected chi connectivity index (χ4v) is 1.85. The van der Waals surface area contributed by atoms with Crippen LogP contribution in [0.1, 0.15) is 0 Å². The summed E-state index contributed by atoms with van der Waals surface area (Å²) in [6, 6.07) is 8.34. The first-order valence-corrected chi connectivity index (χ1v) is 5.76. The Hall–Kier alpha value is -1.26. The van der Waals surface area contributed by atoms with E-state index in [0.29, 0.717) is 0 Å². The topological polar surface area (TPSA) is 30.5 Å². The van der Waals surface area contributed by atoms with Gasteiger partial charge in [-0.15, -0.1) is 0 Å². The number of hydrogen-bond donors (Lipinski definition) is 2. The third kappa shape index (κ3) is 2.87. The Balaban J connectivity index is 1.93. The monoisotopic (exact) mass is 220 g/mol. The largest absolute Gasteiger partial charge is 0.388 e. The molecule has 0 aliphatic carbocycles. The van der Waals surface area contributed by atoms with Crippen molar-refractivity contribution in [2.24, 2.45) is 0 Å². The summed E-state index contributed by atoms with van der Waals surface area (Å²) < 4.78 is 0. The first kappa shape index (κ1) is 11.2. The molecule has 1 fully saturated rings. The summed E-state index contributed by atoms with van der Waals surface area (Å²) in [6.45, 7) is 4.39. The normalized spacial score (nSPS) is 18.4. The lowest BCUT2D eigenvalue weighted by atomic mass is 10.3. The highest BCUT2D eigenvalue weighted by molar-refractivity contribution is 5.55. The molecule has 1 aliphatic heterocycles. The molecular weight excluding hydrogens is 200 g/mol. The molecule has 0 bridgehead atoms. The summed E-state index contributed by atoms with van der Waals surface area (Å²) in [5, 5.41) is 5.42. The number of likely N-dealkylation sites (N-methyl/N-ethyl adjacent to an activating group) is 1. The van der Waals surface area contributed by atoms with Crippen LogP contribution < -0.4 is 10.7 Å². The molecule has 16 heavy (non-hydrogen) atoms. The van der Waals surface area contributed by atoms with Crippen LogP contribution in [0.15, 0.2) is 24.3 Å². The first-order valence-electron chi connectivity index (χ1n) is 5.76. The maximum Gasteiger partial charge on any atom is 0.0510 e. The molecule has 1 aromatic rings. The highest BCUT2D eigenvalue weighted by atomic mass is 15.5. The molecule has 0 unspecified atom stereocenters. The van der Waals surface area contributed by atoms with E-state index in [1.54, 1.807) is 0 Å². The van der Waals surface area contributed by atoms with E-state index < -0.39 is 0 Å². The SMILES string of the molecule is CNc1cccc(NN2CCN(C)CC2)c1. The van der Waals surface area contributed by atoms with Crippen molar-refractivity contribution in [2.75, 3.05) is 51.0 Å². The van der Waals surface area contributed by atoms with Crippen LogP contribution in [0.3, 0.4) is 0 Å². The summed E-state index contributed by atoms with van der Waals surface area (Å²) in [5.74, 6) is 0. The molecule has 0 aromatic heterocycles. The number of nitrogens with zero attached hydrogens (tertiary/aromatic N) is 2. The van der Waals surface area contributed by atoms with E-state index in [4.69, 9.17) is 0 Å². The second-order valence-corrected chi connectivity index (χ2v) is 4.23. The minimum Gasteiger partial charge on any atom is -0.388 e. The quantitative estimate of drug-likeness (QED) is 0.804. The van der Waals surface area contributed by atoms with Gasteiger partial charge >= 0.3 is 0 Å². The van der Waals surface area contributed by atoms with Gasteiger partial charge < -0.3 is 15.6 Å². The van der Waals surface area contributed by atoms with Gasteiger partial charge in [-0.2, -0.15) is 0 Å². The first-order chi connectivity index (χ1) is 7.78. The van der Waals surface area contributed by atoms with Crippen LogP contribution >= 0.6 is 0 Å². The molecule has 0 atom stereocenters. The Bertz CT molecular complexity index is 332. The Morgan fingerprint density at radius 2 is 1.75 bits per heavy atom. The lowest BCUT2D eigenvalue weighted by Crippen LogP contribution is -2.46. The van der Waals surface area contributed by atoms with Crippen LogP contribution in [0.2, 0.25) is 0 Å². The zero-order valence-electron chi connectivity index (χ0n) is 10.0. The Morgan fingerprint density at radius 3 is 2.44 bits per heavy atom. The molecule has 2 rings (SSSR count). The van der Waals surface area contributed by atoms with Crippen molar-refractivity contribution < 1.29 is 0 Å². The van der Waals surface area contributed by atoms with E-state index in [1.165, 1.54) is 0 Å². The van der Waals surface area contributed by atoms with Gasteiger partial charge in [0.1, 0.15) is 0 Å². The van der Waals surface area contributed by atoms with Gasteiger partial charge in [-0.25, -0.2) is 5.01 Å². The van der Waals surface area contributed by atoms with Crippen molar-refractivity contribution in [3.63, 3.8) is 0 Å². The number of hydrogen-bond acceptors (Lipinski definition) is 4. The van der Waals surface area contributed by atoms with Crippen LogP contribution in [0.5, 0.6) is 0 Å². The van der Waals surface area contributed by atoms with Gasteiger partial charge in [-0.3, -0.25) is 0 Å². The maximum atomic E-state index is 3.44. The Kier molecular flexibility index (Phi) is 3.64. The minimum atomic E-state index is 1.07. The van der Waals surface area contributed by atoms with Gasteiger partial charge in [0.2, 0.25) is 0 Å². The van der Waals surface area contributed by atoms with E-state index in [0.717, 1.165) is 37.6 Å². The molecule has 88 valence electrons. The average molecular weight is 220 g/mol. The lowest BCUT2D eigenvalue weighted by molar-refractivity contribution is 0.179. The number of anilines is 2. The summed E-state index contributed by atoms with van der Waals surface area (Å²) in [6.07, 6.45) is 0. The van der Waals surface area contributed by atoms with Gasteiger partial charge in [-0.05, 0) is 25.2 Å². The molecule has 0 radical (unpaired) electrons. The van der Waals surface area contributed by atoms with Crippen LogP contribution in [0.25, 0.3) is 0 Å². The van der Waals surface area contributed by atoms with Crippen molar-refractivity contribution in [1.82, 2.24) is 9.91 Å². The van der Waals surface area contributed by atoms with Crippen LogP contribution in [0, 0.1) is 0 Å². The van der Waals surface area contributed by atoms with Gasteiger partial charge in [0.05, 0.1) is 5.69 Å². The third-order valence-corrected chi connectivity index (χ3v) is 2.94. The number of benzene rings is 1. The van der Waals surface area contributed by atoms with Gasteiger partial charge in [0, 0.05) is 38.9 Å². The van der Waals surface area contributed by atoms with Crippen molar-refractivity contribution in [2.45, 2.75) is 0 Å². The highest BCUT2D eigenvalue weighted by Gasteiger charge is 2.13.